The molecule has 0 spiro atoms. The van der Waals surface area contributed by atoms with Crippen molar-refractivity contribution >= 4 is 5.78 Å². The number of aromatic nitrogens is 3. The van der Waals surface area contributed by atoms with Gasteiger partial charge in [-0.25, -0.2) is 4.39 Å². The fourth-order valence-electron chi connectivity index (χ4n) is 2.01. The summed E-state index contributed by atoms with van der Waals surface area (Å²) < 4.78 is 12.8. The topological polar surface area (TPSA) is 55.7 Å². The third-order valence-corrected chi connectivity index (χ3v) is 3.17. The molecule has 0 aliphatic heterocycles. The molecule has 0 unspecified atom stereocenters. The maximum atomic E-state index is 12.8. The van der Waals surface area contributed by atoms with Gasteiger partial charge in [0.2, 0.25) is 0 Å². The van der Waals surface area contributed by atoms with Crippen LogP contribution in [-0.2, 0) is 6.42 Å². The van der Waals surface area contributed by atoms with E-state index in [9.17, 15) is 9.18 Å². The summed E-state index contributed by atoms with van der Waals surface area (Å²) in [7, 11) is 0. The summed E-state index contributed by atoms with van der Waals surface area (Å²) in [5.41, 5.74) is 2.60. The van der Waals surface area contributed by atoms with Crippen molar-refractivity contribution in [3.63, 3.8) is 0 Å². The number of hydrogen-bond acceptors (Lipinski definition) is 4. The molecule has 0 aliphatic carbocycles. The second-order valence-electron chi connectivity index (χ2n) is 4.74. The van der Waals surface area contributed by atoms with E-state index in [2.05, 4.69) is 15.0 Å². The van der Waals surface area contributed by atoms with Gasteiger partial charge in [0.15, 0.2) is 5.78 Å². The van der Waals surface area contributed by atoms with Gasteiger partial charge in [-0.15, -0.1) is 0 Å². The first kappa shape index (κ1) is 14.0. The van der Waals surface area contributed by atoms with Gasteiger partial charge in [0.1, 0.15) is 5.82 Å². The van der Waals surface area contributed by atoms with Crippen LogP contribution in [0.25, 0.3) is 11.3 Å². The molecule has 0 amide bonds. The van der Waals surface area contributed by atoms with E-state index in [1.807, 2.05) is 12.1 Å². The van der Waals surface area contributed by atoms with E-state index in [4.69, 9.17) is 0 Å². The van der Waals surface area contributed by atoms with Crippen LogP contribution in [0.1, 0.15) is 16.1 Å². The van der Waals surface area contributed by atoms with Crippen LogP contribution in [0.5, 0.6) is 0 Å². The minimum Gasteiger partial charge on any atom is -0.294 e. The van der Waals surface area contributed by atoms with Gasteiger partial charge in [0.25, 0.3) is 0 Å². The first-order valence-corrected chi connectivity index (χ1v) is 6.72. The molecule has 2 heterocycles. The van der Waals surface area contributed by atoms with Crippen molar-refractivity contribution < 1.29 is 9.18 Å². The fraction of sp³-hybridized carbons (Fsp3) is 0.0588. The Hall–Kier alpha value is -2.95. The summed E-state index contributed by atoms with van der Waals surface area (Å²) in [6.07, 6.45) is 6.71. The Kier molecular flexibility index (Phi) is 3.96. The third-order valence-electron chi connectivity index (χ3n) is 3.17. The second-order valence-corrected chi connectivity index (χ2v) is 4.74. The maximum absolute atomic E-state index is 12.8. The van der Waals surface area contributed by atoms with Crippen molar-refractivity contribution in [3.8, 4) is 11.3 Å². The largest absolute Gasteiger partial charge is 0.294 e. The van der Waals surface area contributed by atoms with Gasteiger partial charge in [-0.2, -0.15) is 0 Å². The van der Waals surface area contributed by atoms with E-state index >= 15 is 0 Å². The fourth-order valence-corrected chi connectivity index (χ4v) is 2.01. The van der Waals surface area contributed by atoms with Crippen molar-refractivity contribution in [2.75, 3.05) is 0 Å². The summed E-state index contributed by atoms with van der Waals surface area (Å²) in [4.78, 5) is 24.7. The molecule has 108 valence electrons. The molecular weight excluding hydrogens is 281 g/mol. The summed E-state index contributed by atoms with van der Waals surface area (Å²) >= 11 is 0. The average Bonchev–Trinajstić information content (AvgIpc) is 2.57. The number of pyridine rings is 1. The van der Waals surface area contributed by atoms with Crippen molar-refractivity contribution in [1.29, 1.82) is 0 Å². The molecule has 0 atom stereocenters. The van der Waals surface area contributed by atoms with Gasteiger partial charge in [0.05, 0.1) is 24.0 Å². The lowest BCUT2D eigenvalue weighted by Gasteiger charge is -2.03. The monoisotopic (exact) mass is 293 g/mol. The molecule has 3 rings (SSSR count). The molecule has 0 N–H and O–H groups in total. The standard InChI is InChI=1S/C17H12FN3O/c18-14-5-3-12(4-6-14)17(22)8-15-10-21-16(11-20-15)13-2-1-7-19-9-13/h1-7,9-11H,8H2. The van der Waals surface area contributed by atoms with E-state index in [1.54, 1.807) is 24.8 Å². The molecule has 0 saturated heterocycles. The molecule has 0 saturated carbocycles. The highest BCUT2D eigenvalue weighted by molar-refractivity contribution is 5.97. The van der Waals surface area contributed by atoms with Crippen molar-refractivity contribution in [3.05, 3.63) is 78.3 Å². The Balaban J connectivity index is 1.73. The molecule has 22 heavy (non-hydrogen) atoms. The van der Waals surface area contributed by atoms with Crippen molar-refractivity contribution in [2.24, 2.45) is 0 Å². The zero-order valence-electron chi connectivity index (χ0n) is 11.6. The van der Waals surface area contributed by atoms with E-state index in [0.717, 1.165) is 5.56 Å². The highest BCUT2D eigenvalue weighted by Gasteiger charge is 2.09. The van der Waals surface area contributed by atoms with Crippen LogP contribution in [0, 0.1) is 5.82 Å². The number of Topliss-reactive ketones (excluding diaryl/α,β-unsaturated/α-hetero) is 1. The average molecular weight is 293 g/mol. The van der Waals surface area contributed by atoms with E-state index in [1.165, 1.54) is 24.3 Å². The van der Waals surface area contributed by atoms with Crippen LogP contribution in [0.15, 0.2) is 61.2 Å². The Morgan fingerprint density at radius 2 is 1.82 bits per heavy atom. The molecule has 2 aromatic heterocycles. The highest BCUT2D eigenvalue weighted by atomic mass is 19.1. The predicted octanol–water partition coefficient (Wildman–Crippen LogP) is 3.10. The smallest absolute Gasteiger partial charge is 0.168 e. The first-order valence-electron chi connectivity index (χ1n) is 6.72. The number of nitrogens with zero attached hydrogens (tertiary/aromatic N) is 3. The molecule has 5 heteroatoms. The van der Waals surface area contributed by atoms with Crippen LogP contribution >= 0.6 is 0 Å². The van der Waals surface area contributed by atoms with Crippen LogP contribution < -0.4 is 0 Å². The number of carbonyl (C=O) groups is 1. The summed E-state index contributed by atoms with van der Waals surface area (Å²) in [6, 6.07) is 9.18. The molecule has 0 aliphatic rings. The molecule has 3 aromatic rings. The van der Waals surface area contributed by atoms with Crippen LogP contribution in [0.3, 0.4) is 0 Å². The number of ketones is 1. The van der Waals surface area contributed by atoms with Crippen molar-refractivity contribution in [2.45, 2.75) is 6.42 Å². The number of hydrogen-bond donors (Lipinski definition) is 0. The van der Waals surface area contributed by atoms with Crippen LogP contribution in [0.4, 0.5) is 4.39 Å². The van der Waals surface area contributed by atoms with Gasteiger partial charge in [0, 0.05) is 29.7 Å². The molecule has 1 aromatic carbocycles. The summed E-state index contributed by atoms with van der Waals surface area (Å²) in [5, 5.41) is 0. The molecule has 0 fully saturated rings. The maximum Gasteiger partial charge on any atom is 0.168 e. The van der Waals surface area contributed by atoms with E-state index in [-0.39, 0.29) is 18.0 Å². The second kappa shape index (κ2) is 6.22. The van der Waals surface area contributed by atoms with Gasteiger partial charge in [-0.05, 0) is 36.4 Å². The Labute approximate surface area is 126 Å². The SMILES string of the molecule is O=C(Cc1cnc(-c2cccnc2)cn1)c1ccc(F)cc1. The molecule has 4 nitrogen and oxygen atoms in total. The van der Waals surface area contributed by atoms with E-state index < -0.39 is 0 Å². The van der Waals surface area contributed by atoms with Gasteiger partial charge in [-0.3, -0.25) is 19.7 Å². The quantitative estimate of drug-likeness (QED) is 0.694. The van der Waals surface area contributed by atoms with Crippen molar-refractivity contribution in [1.82, 2.24) is 15.0 Å². The highest BCUT2D eigenvalue weighted by Crippen LogP contribution is 2.14. The lowest BCUT2D eigenvalue weighted by Crippen LogP contribution is -2.05. The summed E-state index contributed by atoms with van der Waals surface area (Å²) in [6.45, 7) is 0. The van der Waals surface area contributed by atoms with Gasteiger partial charge >= 0.3 is 0 Å². The lowest BCUT2D eigenvalue weighted by atomic mass is 10.1. The van der Waals surface area contributed by atoms with Gasteiger partial charge in [-0.1, -0.05) is 0 Å². The lowest BCUT2D eigenvalue weighted by molar-refractivity contribution is 0.0992. The zero-order chi connectivity index (χ0) is 15.4. The molecular formula is C17H12FN3O. The zero-order valence-corrected chi connectivity index (χ0v) is 11.6. The number of rotatable bonds is 4. The minimum atomic E-state index is -0.364. The van der Waals surface area contributed by atoms with Crippen LogP contribution in [0.2, 0.25) is 0 Å². The first-order chi connectivity index (χ1) is 10.7. The summed E-state index contributed by atoms with van der Waals surface area (Å²) in [5.74, 6) is -0.486. The molecule has 0 radical (unpaired) electrons. The third kappa shape index (κ3) is 3.20. The number of carbonyl (C=O) groups excluding carboxylic acids is 1. The minimum absolute atomic E-state index is 0.122. The Bertz CT molecular complexity index is 771. The Morgan fingerprint density at radius 1 is 1.00 bits per heavy atom. The van der Waals surface area contributed by atoms with E-state index in [0.29, 0.717) is 17.0 Å². The molecule has 0 bridgehead atoms. The Morgan fingerprint density at radius 3 is 2.45 bits per heavy atom. The predicted molar refractivity (Wildman–Crippen MR) is 79.7 cm³/mol. The van der Waals surface area contributed by atoms with Crippen LogP contribution in [-0.4, -0.2) is 20.7 Å². The number of benzene rings is 1. The number of halogens is 1. The van der Waals surface area contributed by atoms with Gasteiger partial charge < -0.3 is 0 Å². The normalized spacial score (nSPS) is 10.4.